The Bertz CT molecular complexity index is 1250. The SMILES string of the molecule is O=S(=O)(Nc1nc2cc(F)c(Br)cc2s1)c1ccc(Oc2ccc(F)cc2)cc1. The number of halogens is 3. The van der Waals surface area contributed by atoms with Crippen molar-refractivity contribution in [2.75, 3.05) is 4.72 Å². The quantitative estimate of drug-likeness (QED) is 0.371. The van der Waals surface area contributed by atoms with E-state index in [1.54, 1.807) is 6.07 Å². The van der Waals surface area contributed by atoms with Gasteiger partial charge in [0.15, 0.2) is 5.13 Å². The van der Waals surface area contributed by atoms with Crippen LogP contribution in [0.1, 0.15) is 0 Å². The number of fused-ring (bicyclic) bond motifs is 1. The number of nitrogens with one attached hydrogen (secondary N) is 1. The molecule has 10 heteroatoms. The number of benzene rings is 3. The second kappa shape index (κ2) is 7.69. The molecule has 0 aliphatic heterocycles. The van der Waals surface area contributed by atoms with Gasteiger partial charge in [0, 0.05) is 6.07 Å². The molecule has 0 aliphatic rings. The standard InChI is InChI=1S/C19H11BrF2N2O3S2/c20-15-9-18-17(10-16(15)22)23-19(28-18)24-29(25,26)14-7-5-13(6-8-14)27-12-3-1-11(21)2-4-12/h1-10H,(H,23,24). The number of sulfonamides is 1. The molecular weight excluding hydrogens is 486 g/mol. The Morgan fingerprint density at radius 3 is 2.24 bits per heavy atom. The second-order valence-corrected chi connectivity index (χ2v) is 9.45. The summed E-state index contributed by atoms with van der Waals surface area (Å²) in [5.74, 6) is -0.0346. The van der Waals surface area contributed by atoms with Gasteiger partial charge in [0.05, 0.1) is 19.6 Å². The summed E-state index contributed by atoms with van der Waals surface area (Å²) in [5, 5.41) is 0.129. The minimum atomic E-state index is -3.89. The number of hydrogen-bond acceptors (Lipinski definition) is 5. The first kappa shape index (κ1) is 19.7. The number of nitrogens with zero attached hydrogens (tertiary/aromatic N) is 1. The average molecular weight is 497 g/mol. The first-order chi connectivity index (χ1) is 13.8. The predicted molar refractivity (Wildman–Crippen MR) is 111 cm³/mol. The van der Waals surface area contributed by atoms with Crippen molar-refractivity contribution in [3.05, 3.63) is 76.8 Å². The molecule has 4 aromatic rings. The molecule has 4 rings (SSSR count). The van der Waals surface area contributed by atoms with E-state index < -0.39 is 15.8 Å². The van der Waals surface area contributed by atoms with Crippen molar-refractivity contribution < 1.29 is 21.9 Å². The Hall–Kier alpha value is -2.56. The predicted octanol–water partition coefficient (Wildman–Crippen LogP) is 5.93. The van der Waals surface area contributed by atoms with E-state index in [2.05, 4.69) is 25.6 Å². The summed E-state index contributed by atoms with van der Waals surface area (Å²) < 4.78 is 60.6. The summed E-state index contributed by atoms with van der Waals surface area (Å²) in [4.78, 5) is 4.13. The third kappa shape index (κ3) is 4.39. The lowest BCUT2D eigenvalue weighted by Gasteiger charge is -2.08. The van der Waals surface area contributed by atoms with Gasteiger partial charge in [-0.15, -0.1) is 0 Å². The molecule has 0 saturated heterocycles. The van der Waals surface area contributed by atoms with E-state index in [1.165, 1.54) is 54.6 Å². The zero-order valence-corrected chi connectivity index (χ0v) is 17.6. The molecule has 1 aromatic heterocycles. The lowest BCUT2D eigenvalue weighted by molar-refractivity contribution is 0.480. The van der Waals surface area contributed by atoms with Crippen LogP contribution < -0.4 is 9.46 Å². The van der Waals surface area contributed by atoms with Crippen molar-refractivity contribution in [3.8, 4) is 11.5 Å². The first-order valence-corrected chi connectivity index (χ1v) is 11.2. The fraction of sp³-hybridized carbons (Fsp3) is 0. The van der Waals surface area contributed by atoms with Gasteiger partial charge in [-0.1, -0.05) is 11.3 Å². The Morgan fingerprint density at radius 2 is 1.59 bits per heavy atom. The third-order valence-corrected chi connectivity index (χ3v) is 6.86. The fourth-order valence-corrected chi connectivity index (χ4v) is 5.08. The topological polar surface area (TPSA) is 68.3 Å². The van der Waals surface area contributed by atoms with Crippen LogP contribution in [0.2, 0.25) is 0 Å². The van der Waals surface area contributed by atoms with Crippen LogP contribution in [0.25, 0.3) is 10.2 Å². The minimum Gasteiger partial charge on any atom is -0.457 e. The highest BCUT2D eigenvalue weighted by Crippen LogP contribution is 2.32. The molecule has 0 saturated carbocycles. The van der Waals surface area contributed by atoms with E-state index in [-0.39, 0.29) is 20.3 Å². The lowest BCUT2D eigenvalue weighted by atomic mass is 10.3. The van der Waals surface area contributed by atoms with Gasteiger partial charge in [-0.3, -0.25) is 4.72 Å². The smallest absolute Gasteiger partial charge is 0.263 e. The Labute approximate surface area is 177 Å². The van der Waals surface area contributed by atoms with Gasteiger partial charge in [0.25, 0.3) is 10.0 Å². The Kier molecular flexibility index (Phi) is 5.24. The van der Waals surface area contributed by atoms with Crippen LogP contribution in [0.15, 0.2) is 70.0 Å². The van der Waals surface area contributed by atoms with Crippen LogP contribution in [-0.2, 0) is 10.0 Å². The summed E-state index contributed by atoms with van der Waals surface area (Å²) in [7, 11) is -3.89. The summed E-state index contributed by atoms with van der Waals surface area (Å²) in [6.07, 6.45) is 0. The molecule has 0 atom stereocenters. The number of ether oxygens (including phenoxy) is 1. The summed E-state index contributed by atoms with van der Waals surface area (Å²) in [6, 6.07) is 14.0. The fourth-order valence-electron chi connectivity index (χ4n) is 2.47. The molecular formula is C19H11BrF2N2O3S2. The molecule has 148 valence electrons. The van der Waals surface area contributed by atoms with Gasteiger partial charge in [-0.05, 0) is 70.5 Å². The normalized spacial score (nSPS) is 11.6. The van der Waals surface area contributed by atoms with Crippen molar-refractivity contribution in [1.29, 1.82) is 0 Å². The molecule has 0 bridgehead atoms. The highest BCUT2D eigenvalue weighted by molar-refractivity contribution is 9.10. The summed E-state index contributed by atoms with van der Waals surface area (Å²) in [5.41, 5.74) is 0.358. The maximum Gasteiger partial charge on any atom is 0.263 e. The second-order valence-electron chi connectivity index (χ2n) is 5.89. The number of thiazole rings is 1. The summed E-state index contributed by atoms with van der Waals surface area (Å²) in [6.45, 7) is 0. The molecule has 1 heterocycles. The van der Waals surface area contributed by atoms with E-state index in [9.17, 15) is 17.2 Å². The van der Waals surface area contributed by atoms with Crippen LogP contribution in [0.4, 0.5) is 13.9 Å². The molecule has 0 fully saturated rings. The molecule has 1 N–H and O–H groups in total. The maximum absolute atomic E-state index is 13.6. The van der Waals surface area contributed by atoms with Gasteiger partial charge in [0.2, 0.25) is 0 Å². The van der Waals surface area contributed by atoms with Crippen molar-refractivity contribution in [1.82, 2.24) is 4.98 Å². The van der Waals surface area contributed by atoms with Gasteiger partial charge in [0.1, 0.15) is 23.1 Å². The van der Waals surface area contributed by atoms with E-state index in [0.717, 1.165) is 11.3 Å². The van der Waals surface area contributed by atoms with Crippen LogP contribution in [0.3, 0.4) is 0 Å². The highest BCUT2D eigenvalue weighted by atomic mass is 79.9. The van der Waals surface area contributed by atoms with Crippen LogP contribution >= 0.6 is 27.3 Å². The first-order valence-electron chi connectivity index (χ1n) is 8.12. The lowest BCUT2D eigenvalue weighted by Crippen LogP contribution is -2.12. The van der Waals surface area contributed by atoms with Gasteiger partial charge in [-0.25, -0.2) is 22.2 Å². The van der Waals surface area contributed by atoms with Crippen molar-refractivity contribution in [2.24, 2.45) is 0 Å². The van der Waals surface area contributed by atoms with Gasteiger partial charge >= 0.3 is 0 Å². The summed E-state index contributed by atoms with van der Waals surface area (Å²) >= 11 is 4.19. The van der Waals surface area contributed by atoms with Crippen LogP contribution in [0, 0.1) is 11.6 Å². The molecule has 0 spiro atoms. The highest BCUT2D eigenvalue weighted by Gasteiger charge is 2.17. The monoisotopic (exact) mass is 496 g/mol. The third-order valence-electron chi connectivity index (χ3n) is 3.84. The van der Waals surface area contributed by atoms with E-state index in [4.69, 9.17) is 4.74 Å². The van der Waals surface area contributed by atoms with Gasteiger partial charge < -0.3 is 4.74 Å². The van der Waals surface area contributed by atoms with Crippen LogP contribution in [0.5, 0.6) is 11.5 Å². The zero-order valence-electron chi connectivity index (χ0n) is 14.4. The maximum atomic E-state index is 13.6. The van der Waals surface area contributed by atoms with E-state index in [1.807, 2.05) is 0 Å². The average Bonchev–Trinajstić information content (AvgIpc) is 3.04. The molecule has 0 radical (unpaired) electrons. The van der Waals surface area contributed by atoms with Gasteiger partial charge in [-0.2, -0.15) is 0 Å². The minimum absolute atomic E-state index is 0.00979. The van der Waals surface area contributed by atoms with Crippen molar-refractivity contribution in [3.63, 3.8) is 0 Å². The number of anilines is 1. The van der Waals surface area contributed by atoms with E-state index in [0.29, 0.717) is 21.7 Å². The largest absolute Gasteiger partial charge is 0.457 e. The Balaban J connectivity index is 1.53. The number of hydrogen-bond donors (Lipinski definition) is 1. The molecule has 3 aromatic carbocycles. The van der Waals surface area contributed by atoms with E-state index >= 15 is 0 Å². The Morgan fingerprint density at radius 1 is 0.966 bits per heavy atom. The molecule has 0 amide bonds. The van der Waals surface area contributed by atoms with Crippen molar-refractivity contribution >= 4 is 52.6 Å². The number of rotatable bonds is 5. The molecule has 0 unspecified atom stereocenters. The molecule has 0 aliphatic carbocycles. The molecule has 29 heavy (non-hydrogen) atoms. The van der Waals surface area contributed by atoms with Crippen molar-refractivity contribution in [2.45, 2.75) is 4.90 Å². The zero-order chi connectivity index (χ0) is 20.6. The molecule has 5 nitrogen and oxygen atoms in total. The number of aromatic nitrogens is 1. The van der Waals surface area contributed by atoms with Crippen LogP contribution in [-0.4, -0.2) is 13.4 Å².